The van der Waals surface area contributed by atoms with Crippen molar-refractivity contribution in [2.75, 3.05) is 26.2 Å². The Morgan fingerprint density at radius 2 is 2.27 bits per heavy atom. The first-order chi connectivity index (χ1) is 9.84. The van der Waals surface area contributed by atoms with Gasteiger partial charge in [0.25, 0.3) is 0 Å². The van der Waals surface area contributed by atoms with Crippen LogP contribution in [0.5, 0.6) is 0 Å². The number of aryl methyl sites for hydroxylation is 1. The van der Waals surface area contributed by atoms with Crippen LogP contribution in [0.1, 0.15) is 22.2 Å². The minimum absolute atomic E-state index is 0. The zero-order valence-electron chi connectivity index (χ0n) is 12.6. The first-order valence-electron chi connectivity index (χ1n) is 7.08. The van der Waals surface area contributed by atoms with Gasteiger partial charge in [-0.3, -0.25) is 9.88 Å². The van der Waals surface area contributed by atoms with Crippen molar-refractivity contribution >= 4 is 36.2 Å². The minimum Gasteiger partial charge on any atom is -0.314 e. The highest BCUT2D eigenvalue weighted by Crippen LogP contribution is 2.22. The van der Waals surface area contributed by atoms with Crippen molar-refractivity contribution in [1.82, 2.24) is 20.2 Å². The monoisotopic (exact) mass is 360 g/mol. The summed E-state index contributed by atoms with van der Waals surface area (Å²) >= 11 is 1.77. The molecule has 0 radical (unpaired) electrons. The van der Waals surface area contributed by atoms with E-state index in [4.69, 9.17) is 0 Å². The van der Waals surface area contributed by atoms with Crippen molar-refractivity contribution in [1.29, 1.82) is 0 Å². The molecule has 1 aliphatic heterocycles. The van der Waals surface area contributed by atoms with Crippen LogP contribution in [0.4, 0.5) is 0 Å². The van der Waals surface area contributed by atoms with Crippen LogP contribution in [-0.4, -0.2) is 41.0 Å². The molecule has 1 unspecified atom stereocenters. The molecule has 3 rings (SSSR count). The fourth-order valence-corrected chi connectivity index (χ4v) is 3.50. The smallest absolute Gasteiger partial charge is 0.0797 e. The van der Waals surface area contributed by atoms with Crippen molar-refractivity contribution in [3.8, 4) is 0 Å². The van der Waals surface area contributed by atoms with Crippen LogP contribution in [0.25, 0.3) is 0 Å². The quantitative estimate of drug-likeness (QED) is 0.909. The summed E-state index contributed by atoms with van der Waals surface area (Å²) < 4.78 is 0. The lowest BCUT2D eigenvalue weighted by Crippen LogP contribution is -2.46. The molecule has 0 aliphatic carbocycles. The highest BCUT2D eigenvalue weighted by Gasteiger charge is 2.23. The van der Waals surface area contributed by atoms with Crippen molar-refractivity contribution < 1.29 is 0 Å². The van der Waals surface area contributed by atoms with Crippen LogP contribution in [0.3, 0.4) is 0 Å². The Hall–Kier alpha value is -0.720. The van der Waals surface area contributed by atoms with E-state index in [1.165, 1.54) is 16.1 Å². The van der Waals surface area contributed by atoms with Crippen LogP contribution >= 0.6 is 36.2 Å². The Morgan fingerprint density at radius 1 is 1.41 bits per heavy atom. The molecule has 3 heterocycles. The number of rotatable bonds is 4. The average molecular weight is 361 g/mol. The third-order valence-corrected chi connectivity index (χ3v) is 4.89. The molecule has 0 spiro atoms. The second-order valence-electron chi connectivity index (χ2n) is 5.15. The highest BCUT2D eigenvalue weighted by molar-refractivity contribution is 7.09. The van der Waals surface area contributed by atoms with Gasteiger partial charge < -0.3 is 5.32 Å². The van der Waals surface area contributed by atoms with Crippen molar-refractivity contribution in [2.24, 2.45) is 0 Å². The van der Waals surface area contributed by atoms with Gasteiger partial charge in [0.05, 0.1) is 11.2 Å². The molecule has 122 valence electrons. The summed E-state index contributed by atoms with van der Waals surface area (Å²) in [6, 6.07) is 4.64. The maximum Gasteiger partial charge on any atom is 0.0797 e. The molecule has 0 saturated carbocycles. The molecule has 1 fully saturated rings. The van der Waals surface area contributed by atoms with Gasteiger partial charge in [-0.2, -0.15) is 0 Å². The molecule has 2 aromatic heterocycles. The topological polar surface area (TPSA) is 41.1 Å². The first-order valence-corrected chi connectivity index (χ1v) is 7.96. The van der Waals surface area contributed by atoms with Crippen molar-refractivity contribution in [2.45, 2.75) is 19.4 Å². The fraction of sp³-hybridized carbons (Fsp3) is 0.467. The fourth-order valence-electron chi connectivity index (χ4n) is 2.73. The maximum atomic E-state index is 4.34. The number of thiazole rings is 1. The predicted octanol–water partition coefficient (Wildman–Crippen LogP) is 2.88. The van der Waals surface area contributed by atoms with E-state index >= 15 is 0 Å². The average Bonchev–Trinajstić information content (AvgIpc) is 2.92. The lowest BCUT2D eigenvalue weighted by atomic mass is 10.0. The van der Waals surface area contributed by atoms with E-state index in [-0.39, 0.29) is 24.8 Å². The van der Waals surface area contributed by atoms with E-state index in [0.29, 0.717) is 6.04 Å². The predicted molar refractivity (Wildman–Crippen MR) is 96.5 cm³/mol. The Balaban J connectivity index is 0.00000121. The van der Waals surface area contributed by atoms with Crippen LogP contribution in [0.15, 0.2) is 30.0 Å². The number of aromatic nitrogens is 2. The summed E-state index contributed by atoms with van der Waals surface area (Å²) in [7, 11) is 0. The zero-order valence-corrected chi connectivity index (χ0v) is 15.0. The highest BCUT2D eigenvalue weighted by atomic mass is 35.5. The number of hydrogen-bond acceptors (Lipinski definition) is 5. The molecule has 1 N–H and O–H groups in total. The molecular weight excluding hydrogens is 339 g/mol. The number of hydrogen-bond donors (Lipinski definition) is 1. The van der Waals surface area contributed by atoms with Gasteiger partial charge in [-0.25, -0.2) is 4.98 Å². The summed E-state index contributed by atoms with van der Waals surface area (Å²) in [6.45, 7) is 6.36. The van der Waals surface area contributed by atoms with Gasteiger partial charge in [0.15, 0.2) is 0 Å². The molecule has 0 bridgehead atoms. The molecule has 1 aliphatic rings. The van der Waals surface area contributed by atoms with Crippen molar-refractivity contribution in [3.05, 3.63) is 46.2 Å². The molecule has 7 heteroatoms. The molecule has 2 aromatic rings. The van der Waals surface area contributed by atoms with Crippen LogP contribution in [-0.2, 0) is 6.42 Å². The van der Waals surface area contributed by atoms with E-state index in [9.17, 15) is 0 Å². The van der Waals surface area contributed by atoms with E-state index in [1.807, 2.05) is 24.0 Å². The summed E-state index contributed by atoms with van der Waals surface area (Å²) in [5.74, 6) is 0. The second-order valence-corrected chi connectivity index (χ2v) is 6.09. The number of nitrogens with zero attached hydrogens (tertiary/aromatic N) is 3. The van der Waals surface area contributed by atoms with Crippen LogP contribution in [0.2, 0.25) is 0 Å². The molecule has 22 heavy (non-hydrogen) atoms. The van der Waals surface area contributed by atoms with Gasteiger partial charge in [-0.15, -0.1) is 36.2 Å². The lowest BCUT2D eigenvalue weighted by Gasteiger charge is -2.36. The normalized spacial score (nSPS) is 18.3. The van der Waals surface area contributed by atoms with Gasteiger partial charge >= 0.3 is 0 Å². The number of piperazine rings is 1. The Morgan fingerprint density at radius 3 is 2.95 bits per heavy atom. The van der Waals surface area contributed by atoms with Crippen LogP contribution < -0.4 is 5.32 Å². The lowest BCUT2D eigenvalue weighted by molar-refractivity contribution is 0.164. The summed E-state index contributed by atoms with van der Waals surface area (Å²) in [4.78, 5) is 12.6. The molecule has 0 amide bonds. The third kappa shape index (κ3) is 4.64. The Labute approximate surface area is 148 Å². The van der Waals surface area contributed by atoms with E-state index < -0.39 is 0 Å². The van der Waals surface area contributed by atoms with E-state index in [1.54, 1.807) is 11.3 Å². The zero-order chi connectivity index (χ0) is 13.8. The number of nitrogens with one attached hydrogen (secondary N) is 1. The van der Waals surface area contributed by atoms with Gasteiger partial charge in [-0.1, -0.05) is 6.07 Å². The summed E-state index contributed by atoms with van der Waals surface area (Å²) in [5, 5.41) is 3.49. The first kappa shape index (κ1) is 19.3. The van der Waals surface area contributed by atoms with Gasteiger partial charge in [0.1, 0.15) is 0 Å². The molecule has 4 nitrogen and oxygen atoms in total. The Bertz CT molecular complexity index is 549. The minimum atomic E-state index is 0. The second kappa shape index (κ2) is 9.43. The standard InChI is InChI=1S/C15H20N4S.2ClH/c1-12-15(20-11-18-12)4-7-19-8-6-17-10-14(19)13-3-2-5-16-9-13;;/h2-3,5,9,11,14,17H,4,6-8,10H2,1H3;2*1H. The largest absolute Gasteiger partial charge is 0.314 e. The summed E-state index contributed by atoms with van der Waals surface area (Å²) in [5.41, 5.74) is 4.44. The van der Waals surface area contributed by atoms with E-state index in [2.05, 4.69) is 33.2 Å². The molecule has 1 saturated heterocycles. The summed E-state index contributed by atoms with van der Waals surface area (Å²) in [6.07, 6.45) is 4.92. The van der Waals surface area contributed by atoms with Gasteiger partial charge in [-0.05, 0) is 25.0 Å². The number of pyridine rings is 1. The van der Waals surface area contributed by atoms with E-state index in [0.717, 1.165) is 32.6 Å². The SMILES string of the molecule is Cc1ncsc1CCN1CCNCC1c1cccnc1.Cl.Cl. The molecule has 0 aromatic carbocycles. The van der Waals surface area contributed by atoms with Crippen LogP contribution in [0, 0.1) is 6.92 Å². The van der Waals surface area contributed by atoms with Gasteiger partial charge in [0, 0.05) is 49.5 Å². The Kier molecular flexibility index (Phi) is 8.28. The van der Waals surface area contributed by atoms with Crippen molar-refractivity contribution in [3.63, 3.8) is 0 Å². The third-order valence-electron chi connectivity index (χ3n) is 3.89. The maximum absolute atomic E-state index is 4.34. The number of halogens is 2. The molecular formula is C15H22Cl2N4S. The van der Waals surface area contributed by atoms with Gasteiger partial charge in [0.2, 0.25) is 0 Å². The molecule has 1 atom stereocenters.